The summed E-state index contributed by atoms with van der Waals surface area (Å²) in [4.78, 5) is 0.00237. The summed E-state index contributed by atoms with van der Waals surface area (Å²) in [6.07, 6.45) is 0. The largest absolute Gasteiger partial charge is 0.264 e. The molecule has 3 aromatic carbocycles. The molecule has 0 spiro atoms. The van der Waals surface area contributed by atoms with E-state index < -0.39 is 21.7 Å². The molecule has 0 amide bonds. The molecule has 0 unspecified atom stereocenters. The van der Waals surface area contributed by atoms with Crippen molar-refractivity contribution in [3.63, 3.8) is 0 Å². The minimum atomic E-state index is -4.01. The first-order valence-electron chi connectivity index (χ1n) is 7.64. The van der Waals surface area contributed by atoms with Gasteiger partial charge in [-0.15, -0.1) is 0 Å². The summed E-state index contributed by atoms with van der Waals surface area (Å²) in [7, 11) is -4.01. The number of rotatable bonds is 5. The molecular formula is C19H14ClF2NO2S. The van der Waals surface area contributed by atoms with Crippen LogP contribution in [0.1, 0.15) is 5.56 Å². The van der Waals surface area contributed by atoms with Crippen LogP contribution in [0.4, 0.5) is 14.5 Å². The summed E-state index contributed by atoms with van der Waals surface area (Å²) in [5.41, 5.74) is 0.580. The van der Waals surface area contributed by atoms with Gasteiger partial charge in [-0.3, -0.25) is 4.31 Å². The molecule has 3 nitrogen and oxygen atoms in total. The molecular weight excluding hydrogens is 380 g/mol. The van der Waals surface area contributed by atoms with Crippen LogP contribution in [0.5, 0.6) is 0 Å². The number of sulfonamides is 1. The monoisotopic (exact) mass is 393 g/mol. The van der Waals surface area contributed by atoms with Crippen LogP contribution in [0.15, 0.2) is 77.7 Å². The van der Waals surface area contributed by atoms with Gasteiger partial charge < -0.3 is 0 Å². The summed E-state index contributed by atoms with van der Waals surface area (Å²) in [6, 6.07) is 16.5. The second-order valence-electron chi connectivity index (χ2n) is 5.58. The van der Waals surface area contributed by atoms with Gasteiger partial charge in [-0.05, 0) is 60.2 Å². The molecule has 26 heavy (non-hydrogen) atoms. The van der Waals surface area contributed by atoms with E-state index >= 15 is 0 Å². The molecule has 3 rings (SSSR count). The first-order valence-corrected chi connectivity index (χ1v) is 9.46. The topological polar surface area (TPSA) is 37.4 Å². The third-order valence-corrected chi connectivity index (χ3v) is 5.75. The van der Waals surface area contributed by atoms with Crippen molar-refractivity contribution in [3.8, 4) is 0 Å². The number of hydrogen-bond acceptors (Lipinski definition) is 2. The van der Waals surface area contributed by atoms with Gasteiger partial charge in [0.1, 0.15) is 11.6 Å². The van der Waals surface area contributed by atoms with Gasteiger partial charge in [-0.25, -0.2) is 17.2 Å². The SMILES string of the molecule is O=S(=O)(c1ccc(Cl)cc1)N(Cc1cccc(F)c1)c1cccc(F)c1. The summed E-state index contributed by atoms with van der Waals surface area (Å²) >= 11 is 5.83. The maximum atomic E-state index is 13.7. The lowest BCUT2D eigenvalue weighted by atomic mass is 10.2. The van der Waals surface area contributed by atoms with Crippen molar-refractivity contribution in [2.45, 2.75) is 11.4 Å². The van der Waals surface area contributed by atoms with Gasteiger partial charge in [0.05, 0.1) is 17.1 Å². The maximum Gasteiger partial charge on any atom is 0.264 e. The second-order valence-corrected chi connectivity index (χ2v) is 7.87. The molecule has 0 N–H and O–H groups in total. The van der Waals surface area contributed by atoms with E-state index in [1.165, 1.54) is 60.7 Å². The lowest BCUT2D eigenvalue weighted by Crippen LogP contribution is -2.30. The molecule has 3 aromatic rings. The zero-order valence-electron chi connectivity index (χ0n) is 13.4. The molecule has 0 fully saturated rings. The third kappa shape index (κ3) is 4.03. The third-order valence-electron chi connectivity index (χ3n) is 3.71. The Labute approximate surface area is 155 Å². The molecule has 0 aliphatic rings. The number of nitrogens with zero attached hydrogens (tertiary/aromatic N) is 1. The highest BCUT2D eigenvalue weighted by atomic mass is 35.5. The van der Waals surface area contributed by atoms with Crippen LogP contribution in [-0.4, -0.2) is 8.42 Å². The minimum absolute atomic E-state index is 0.00237. The van der Waals surface area contributed by atoms with Crippen molar-refractivity contribution in [3.05, 3.63) is 95.0 Å². The average Bonchev–Trinajstić information content (AvgIpc) is 2.60. The Hall–Kier alpha value is -2.44. The van der Waals surface area contributed by atoms with Crippen molar-refractivity contribution >= 4 is 27.3 Å². The molecule has 0 saturated heterocycles. The van der Waals surface area contributed by atoms with Crippen LogP contribution < -0.4 is 4.31 Å². The standard InChI is InChI=1S/C19H14ClF2NO2S/c20-15-7-9-19(10-8-15)26(24,25)23(18-6-2-5-17(22)12-18)13-14-3-1-4-16(21)11-14/h1-12H,13H2. The molecule has 0 atom stereocenters. The van der Waals surface area contributed by atoms with Crippen molar-refractivity contribution in [1.29, 1.82) is 0 Å². The molecule has 0 radical (unpaired) electrons. The second kappa shape index (κ2) is 7.43. The number of halogens is 3. The molecule has 0 heterocycles. The van der Waals surface area contributed by atoms with Gasteiger partial charge in [0.25, 0.3) is 10.0 Å². The zero-order chi connectivity index (χ0) is 18.7. The molecule has 0 aliphatic heterocycles. The van der Waals surface area contributed by atoms with Crippen LogP contribution in [-0.2, 0) is 16.6 Å². The van der Waals surface area contributed by atoms with Crippen molar-refractivity contribution in [2.75, 3.05) is 4.31 Å². The summed E-state index contributed by atoms with van der Waals surface area (Å²) in [5, 5.41) is 0.395. The number of anilines is 1. The minimum Gasteiger partial charge on any atom is -0.262 e. The first kappa shape index (κ1) is 18.4. The Morgan fingerprint density at radius 1 is 0.846 bits per heavy atom. The Morgan fingerprint density at radius 3 is 2.08 bits per heavy atom. The number of benzene rings is 3. The normalized spacial score (nSPS) is 11.3. The van der Waals surface area contributed by atoms with E-state index in [0.717, 1.165) is 10.4 Å². The maximum absolute atomic E-state index is 13.7. The van der Waals surface area contributed by atoms with Crippen molar-refractivity contribution in [2.24, 2.45) is 0 Å². The highest BCUT2D eigenvalue weighted by Crippen LogP contribution is 2.27. The van der Waals surface area contributed by atoms with Gasteiger partial charge in [0.2, 0.25) is 0 Å². The van der Waals surface area contributed by atoms with E-state index in [4.69, 9.17) is 11.6 Å². The quantitative estimate of drug-likeness (QED) is 0.610. The fourth-order valence-corrected chi connectivity index (χ4v) is 4.05. The highest BCUT2D eigenvalue weighted by molar-refractivity contribution is 7.92. The van der Waals surface area contributed by atoms with Crippen molar-refractivity contribution in [1.82, 2.24) is 0 Å². The highest BCUT2D eigenvalue weighted by Gasteiger charge is 2.25. The van der Waals surface area contributed by atoms with Gasteiger partial charge in [-0.1, -0.05) is 29.8 Å². The summed E-state index contributed by atoms with van der Waals surface area (Å²) < 4.78 is 54.4. The predicted octanol–water partition coefficient (Wildman–Crippen LogP) is 5.01. The van der Waals surface area contributed by atoms with E-state index in [9.17, 15) is 17.2 Å². The van der Waals surface area contributed by atoms with Gasteiger partial charge >= 0.3 is 0 Å². The Bertz CT molecular complexity index is 1020. The molecule has 0 saturated carbocycles. The summed E-state index contributed by atoms with van der Waals surface area (Å²) in [6.45, 7) is -0.147. The van der Waals surface area contributed by atoms with E-state index in [2.05, 4.69) is 0 Å². The Balaban J connectivity index is 2.09. The smallest absolute Gasteiger partial charge is 0.262 e. The van der Waals surface area contributed by atoms with E-state index in [-0.39, 0.29) is 17.1 Å². The molecule has 7 heteroatoms. The Kier molecular flexibility index (Phi) is 5.25. The molecule has 0 aromatic heterocycles. The van der Waals surface area contributed by atoms with Crippen LogP contribution in [0.2, 0.25) is 5.02 Å². The lowest BCUT2D eigenvalue weighted by Gasteiger charge is -2.25. The van der Waals surface area contributed by atoms with E-state index in [1.807, 2.05) is 0 Å². The first-order chi connectivity index (χ1) is 12.4. The van der Waals surface area contributed by atoms with Crippen LogP contribution in [0, 0.1) is 11.6 Å². The van der Waals surface area contributed by atoms with Gasteiger partial charge in [0, 0.05) is 5.02 Å². The molecule has 134 valence electrons. The number of hydrogen-bond donors (Lipinski definition) is 0. The van der Waals surface area contributed by atoms with Crippen LogP contribution in [0.3, 0.4) is 0 Å². The van der Waals surface area contributed by atoms with Crippen LogP contribution in [0.25, 0.3) is 0 Å². The van der Waals surface area contributed by atoms with Gasteiger partial charge in [0.15, 0.2) is 0 Å². The molecule has 0 aliphatic carbocycles. The van der Waals surface area contributed by atoms with Crippen LogP contribution >= 0.6 is 11.6 Å². The fourth-order valence-electron chi connectivity index (χ4n) is 2.48. The Morgan fingerprint density at radius 2 is 1.46 bits per heavy atom. The van der Waals surface area contributed by atoms with E-state index in [1.54, 1.807) is 6.07 Å². The fraction of sp³-hybridized carbons (Fsp3) is 0.0526. The zero-order valence-corrected chi connectivity index (χ0v) is 15.0. The average molecular weight is 394 g/mol. The molecule has 0 bridgehead atoms. The van der Waals surface area contributed by atoms with E-state index in [0.29, 0.717) is 10.6 Å². The predicted molar refractivity (Wildman–Crippen MR) is 97.6 cm³/mol. The summed E-state index contributed by atoms with van der Waals surface area (Å²) in [5.74, 6) is -1.05. The van der Waals surface area contributed by atoms with Gasteiger partial charge in [-0.2, -0.15) is 0 Å². The van der Waals surface area contributed by atoms with Crippen molar-refractivity contribution < 1.29 is 17.2 Å². The lowest BCUT2D eigenvalue weighted by molar-refractivity contribution is 0.589.